The first kappa shape index (κ1) is 19.0. The lowest BCUT2D eigenvalue weighted by atomic mass is 10.1. The lowest BCUT2D eigenvalue weighted by Crippen LogP contribution is -2.32. The van der Waals surface area contributed by atoms with Crippen LogP contribution < -0.4 is 10.5 Å². The highest BCUT2D eigenvalue weighted by molar-refractivity contribution is 7.89. The number of nitrogens with two attached hydrogens (primary N) is 1. The monoisotopic (exact) mass is 360 g/mol. The Kier molecular flexibility index (Phi) is 5.71. The Morgan fingerprint density at radius 3 is 2.36 bits per heavy atom. The number of hydrogen-bond acceptors (Lipinski definition) is 4. The van der Waals surface area contributed by atoms with Gasteiger partial charge in [0.2, 0.25) is 10.0 Å². The molecule has 126 valence electrons. The lowest BCUT2D eigenvalue weighted by Gasteiger charge is -2.19. The minimum Gasteiger partial charge on any atom is -0.404 e. The average molecular weight is 361 g/mol. The molecule has 1 aliphatic heterocycles. The molecule has 0 saturated carbocycles. The van der Waals surface area contributed by atoms with E-state index < -0.39 is 27.0 Å². The van der Waals surface area contributed by atoms with Crippen LogP contribution in [0.1, 0.15) is 6.92 Å². The van der Waals surface area contributed by atoms with E-state index in [1.54, 1.807) is 6.92 Å². The Bertz CT molecular complexity index is 614. The van der Waals surface area contributed by atoms with Gasteiger partial charge in [0.15, 0.2) is 0 Å². The van der Waals surface area contributed by atoms with E-state index in [0.717, 1.165) is 16.4 Å². The molecule has 1 heterocycles. The number of ether oxygens (including phenoxy) is 1. The maximum absolute atomic E-state index is 12.5. The summed E-state index contributed by atoms with van der Waals surface area (Å²) in [5, 5.41) is 0. The predicted octanol–water partition coefficient (Wildman–Crippen LogP) is 1.97. The van der Waals surface area contributed by atoms with Crippen molar-refractivity contribution in [3.05, 3.63) is 24.3 Å². The molecule has 1 fully saturated rings. The number of benzene rings is 1. The van der Waals surface area contributed by atoms with Crippen LogP contribution in [0.3, 0.4) is 0 Å². The van der Waals surface area contributed by atoms with Crippen molar-refractivity contribution in [3.63, 3.8) is 0 Å². The summed E-state index contributed by atoms with van der Waals surface area (Å²) in [6.45, 7) is 2.03. The highest BCUT2D eigenvalue weighted by Crippen LogP contribution is 2.33. The van der Waals surface area contributed by atoms with Crippen LogP contribution in [-0.2, 0) is 10.0 Å². The Balaban J connectivity index is 0.00000242. The van der Waals surface area contributed by atoms with Crippen LogP contribution in [-0.4, -0.2) is 38.2 Å². The van der Waals surface area contributed by atoms with Crippen molar-refractivity contribution in [3.8, 4) is 5.75 Å². The maximum Gasteiger partial charge on any atom is 0.573 e. The molecule has 0 radical (unpaired) electrons. The van der Waals surface area contributed by atoms with E-state index in [4.69, 9.17) is 5.73 Å². The number of nitrogens with zero attached hydrogens (tertiary/aromatic N) is 1. The van der Waals surface area contributed by atoms with Gasteiger partial charge in [0.1, 0.15) is 10.6 Å². The van der Waals surface area contributed by atoms with Crippen molar-refractivity contribution in [2.75, 3.05) is 13.1 Å². The average Bonchev–Trinajstić information content (AvgIpc) is 2.69. The van der Waals surface area contributed by atoms with Crippen LogP contribution in [0.5, 0.6) is 5.75 Å². The van der Waals surface area contributed by atoms with Crippen molar-refractivity contribution in [1.29, 1.82) is 0 Å². The van der Waals surface area contributed by atoms with Gasteiger partial charge >= 0.3 is 6.36 Å². The summed E-state index contributed by atoms with van der Waals surface area (Å²) in [5.74, 6) is -0.798. The highest BCUT2D eigenvalue weighted by Gasteiger charge is 2.39. The zero-order valence-electron chi connectivity index (χ0n) is 11.6. The summed E-state index contributed by atoms with van der Waals surface area (Å²) in [7, 11) is -4.08. The molecular weight excluding hydrogens is 345 g/mol. The second kappa shape index (κ2) is 6.61. The van der Waals surface area contributed by atoms with E-state index in [1.807, 2.05) is 0 Å². The van der Waals surface area contributed by atoms with Crippen LogP contribution in [0, 0.1) is 5.92 Å². The smallest absolute Gasteiger partial charge is 0.404 e. The van der Waals surface area contributed by atoms with Crippen molar-refractivity contribution < 1.29 is 26.3 Å². The molecule has 22 heavy (non-hydrogen) atoms. The third kappa shape index (κ3) is 4.03. The minimum atomic E-state index is -4.96. The minimum absolute atomic E-state index is 0. The topological polar surface area (TPSA) is 72.6 Å². The number of para-hydroxylation sites is 1. The summed E-state index contributed by atoms with van der Waals surface area (Å²) in [4.78, 5) is -0.511. The van der Waals surface area contributed by atoms with Crippen LogP contribution >= 0.6 is 12.4 Å². The number of sulfonamides is 1. The molecule has 1 aliphatic rings. The van der Waals surface area contributed by atoms with Crippen LogP contribution in [0.15, 0.2) is 29.2 Å². The second-order valence-electron chi connectivity index (χ2n) is 4.96. The summed E-state index contributed by atoms with van der Waals surface area (Å²) < 4.78 is 66.9. The standard InChI is InChI=1S/C12H15F3N2O3S.ClH/c1-8-6-17(7-9(8)16)21(18,19)11-5-3-2-4-10(11)20-12(13,14)15;/h2-5,8-9H,6-7,16H2,1H3;1H. The van der Waals surface area contributed by atoms with Gasteiger partial charge in [-0.15, -0.1) is 25.6 Å². The van der Waals surface area contributed by atoms with E-state index in [9.17, 15) is 21.6 Å². The summed E-state index contributed by atoms with van der Waals surface area (Å²) in [6.07, 6.45) is -4.96. The molecular formula is C12H16ClF3N2O3S. The molecule has 0 spiro atoms. The number of hydrogen-bond donors (Lipinski definition) is 1. The summed E-state index contributed by atoms with van der Waals surface area (Å²) in [5.41, 5.74) is 5.77. The zero-order chi connectivity index (χ0) is 15.8. The fraction of sp³-hybridized carbons (Fsp3) is 0.500. The second-order valence-corrected chi connectivity index (χ2v) is 6.86. The third-order valence-electron chi connectivity index (χ3n) is 3.33. The lowest BCUT2D eigenvalue weighted by molar-refractivity contribution is -0.275. The van der Waals surface area contributed by atoms with Crippen molar-refractivity contribution in [1.82, 2.24) is 4.31 Å². The molecule has 0 bridgehead atoms. The van der Waals surface area contributed by atoms with Gasteiger partial charge in [0.25, 0.3) is 0 Å². The fourth-order valence-electron chi connectivity index (χ4n) is 2.15. The van der Waals surface area contributed by atoms with Gasteiger partial charge in [-0.3, -0.25) is 0 Å². The quantitative estimate of drug-likeness (QED) is 0.894. The Labute approximate surface area is 132 Å². The van der Waals surface area contributed by atoms with Crippen LogP contribution in [0.2, 0.25) is 0 Å². The third-order valence-corrected chi connectivity index (χ3v) is 5.20. The van der Waals surface area contributed by atoms with Crippen LogP contribution in [0.25, 0.3) is 0 Å². The maximum atomic E-state index is 12.5. The Morgan fingerprint density at radius 1 is 1.27 bits per heavy atom. The Hall–Kier alpha value is -1.03. The van der Waals surface area contributed by atoms with Gasteiger partial charge in [0.05, 0.1) is 0 Å². The first-order valence-electron chi connectivity index (χ1n) is 6.22. The fourth-order valence-corrected chi connectivity index (χ4v) is 3.85. The molecule has 2 N–H and O–H groups in total. The first-order valence-corrected chi connectivity index (χ1v) is 7.66. The van der Waals surface area contributed by atoms with Crippen LogP contribution in [0.4, 0.5) is 13.2 Å². The molecule has 10 heteroatoms. The van der Waals surface area contributed by atoms with Crippen molar-refractivity contribution in [2.24, 2.45) is 11.7 Å². The van der Waals surface area contributed by atoms with Gasteiger partial charge in [-0.05, 0) is 18.1 Å². The van der Waals surface area contributed by atoms with Crippen molar-refractivity contribution in [2.45, 2.75) is 24.2 Å². The van der Waals surface area contributed by atoms with Gasteiger partial charge in [-0.25, -0.2) is 8.42 Å². The number of alkyl halides is 3. The Morgan fingerprint density at radius 2 is 1.86 bits per heavy atom. The molecule has 0 amide bonds. The predicted molar refractivity (Wildman–Crippen MR) is 76.3 cm³/mol. The number of rotatable bonds is 3. The molecule has 0 aliphatic carbocycles. The normalized spacial score (nSPS) is 23.1. The van der Waals surface area contributed by atoms with E-state index in [1.165, 1.54) is 12.1 Å². The molecule has 5 nitrogen and oxygen atoms in total. The molecule has 1 aromatic carbocycles. The zero-order valence-corrected chi connectivity index (χ0v) is 13.2. The van der Waals surface area contributed by atoms with Gasteiger partial charge in [0, 0.05) is 19.1 Å². The van der Waals surface area contributed by atoms with E-state index in [2.05, 4.69) is 4.74 Å². The highest BCUT2D eigenvalue weighted by atomic mass is 35.5. The van der Waals surface area contributed by atoms with E-state index in [0.29, 0.717) is 0 Å². The molecule has 2 atom stereocenters. The van der Waals surface area contributed by atoms with Crippen molar-refractivity contribution >= 4 is 22.4 Å². The molecule has 0 aromatic heterocycles. The molecule has 1 saturated heterocycles. The first-order chi connectivity index (χ1) is 9.61. The van der Waals surface area contributed by atoms with E-state index >= 15 is 0 Å². The SMILES string of the molecule is CC1CN(S(=O)(=O)c2ccccc2OC(F)(F)F)CC1N.Cl. The van der Waals surface area contributed by atoms with E-state index in [-0.39, 0.29) is 37.5 Å². The largest absolute Gasteiger partial charge is 0.573 e. The number of halogens is 4. The summed E-state index contributed by atoms with van der Waals surface area (Å²) in [6, 6.07) is 4.34. The summed E-state index contributed by atoms with van der Waals surface area (Å²) >= 11 is 0. The molecule has 1 aromatic rings. The van der Waals surface area contributed by atoms with Gasteiger partial charge in [-0.1, -0.05) is 19.1 Å². The van der Waals surface area contributed by atoms with Gasteiger partial charge in [-0.2, -0.15) is 4.31 Å². The molecule has 2 unspecified atom stereocenters. The van der Waals surface area contributed by atoms with Gasteiger partial charge < -0.3 is 10.5 Å². The molecule has 2 rings (SSSR count).